The highest BCUT2D eigenvalue weighted by molar-refractivity contribution is 5.61. The van der Waals surface area contributed by atoms with Gasteiger partial charge in [-0.05, 0) is 0 Å². The zero-order valence-electron chi connectivity index (χ0n) is 8.97. The minimum Gasteiger partial charge on any atom is -0.364 e. The predicted molar refractivity (Wildman–Crippen MR) is 57.3 cm³/mol. The Morgan fingerprint density at radius 3 is 2.65 bits per heavy atom. The zero-order valence-corrected chi connectivity index (χ0v) is 8.97. The summed E-state index contributed by atoms with van der Waals surface area (Å²) in [5.41, 5.74) is 0.221. The number of hydrogen-bond donors (Lipinski definition) is 0. The molecular weight excluding hydrogens is 232 g/mol. The number of nitrogens with zero attached hydrogens (tertiary/aromatic N) is 3. The van der Waals surface area contributed by atoms with Crippen molar-refractivity contribution >= 4 is 11.4 Å². The van der Waals surface area contributed by atoms with Crippen molar-refractivity contribution < 1.29 is 13.7 Å². The van der Waals surface area contributed by atoms with Gasteiger partial charge < -0.3 is 4.90 Å². The smallest absolute Gasteiger partial charge is 0.295 e. The second-order valence-electron chi connectivity index (χ2n) is 3.96. The Hall–Kier alpha value is -1.79. The Bertz CT molecular complexity index is 429. The number of nitro groups is 1. The van der Waals surface area contributed by atoms with Gasteiger partial charge in [-0.3, -0.25) is 15.1 Å². The molecule has 7 heteroatoms. The Morgan fingerprint density at radius 1 is 1.41 bits per heavy atom. The Kier molecular flexibility index (Phi) is 2.91. The van der Waals surface area contributed by atoms with Crippen LogP contribution in [0.5, 0.6) is 0 Å². The van der Waals surface area contributed by atoms with Gasteiger partial charge in [0.15, 0.2) is 0 Å². The fourth-order valence-electron chi connectivity index (χ4n) is 1.85. The van der Waals surface area contributed by atoms with Crippen molar-refractivity contribution in [2.45, 2.75) is 18.8 Å². The minimum absolute atomic E-state index is 0.0924. The van der Waals surface area contributed by atoms with Gasteiger partial charge in [-0.1, -0.05) is 0 Å². The summed E-state index contributed by atoms with van der Waals surface area (Å²) in [6.07, 6.45) is 2.11. The first-order valence-corrected chi connectivity index (χ1v) is 5.21. The van der Waals surface area contributed by atoms with E-state index in [4.69, 9.17) is 0 Å². The van der Waals surface area contributed by atoms with Crippen molar-refractivity contribution in [2.75, 3.05) is 18.0 Å². The van der Waals surface area contributed by atoms with Crippen LogP contribution >= 0.6 is 0 Å². The molecule has 0 saturated carbocycles. The van der Waals surface area contributed by atoms with Crippen molar-refractivity contribution in [1.29, 1.82) is 0 Å². The summed E-state index contributed by atoms with van der Waals surface area (Å²) in [6.45, 7) is 0.221. The molecule has 0 aliphatic carbocycles. The van der Waals surface area contributed by atoms with E-state index in [0.717, 1.165) is 0 Å². The van der Waals surface area contributed by atoms with E-state index in [0.29, 0.717) is 5.69 Å². The maximum absolute atomic E-state index is 13.0. The molecule has 1 fully saturated rings. The molecule has 0 N–H and O–H groups in total. The van der Waals surface area contributed by atoms with E-state index in [1.165, 1.54) is 18.5 Å². The van der Waals surface area contributed by atoms with Gasteiger partial charge in [-0.15, -0.1) is 0 Å². The first kappa shape index (κ1) is 11.7. The van der Waals surface area contributed by atoms with Crippen LogP contribution in [0.3, 0.4) is 0 Å². The summed E-state index contributed by atoms with van der Waals surface area (Å²) in [6, 6.07) is 1.28. The molecule has 1 aromatic heterocycles. The maximum Gasteiger partial charge on any atom is 0.295 e. The summed E-state index contributed by atoms with van der Waals surface area (Å²) in [5, 5.41) is 10.8. The standard InChI is InChI=1S/C10H11F2N3O2/c11-10(12)2-5-14(6-3-10)9-7-13-4-1-8(9)15(16)17/h1,4,7H,2-3,5-6H2. The van der Waals surface area contributed by atoms with E-state index in [1.54, 1.807) is 4.90 Å². The number of aromatic nitrogens is 1. The quantitative estimate of drug-likeness (QED) is 0.590. The van der Waals surface area contributed by atoms with E-state index >= 15 is 0 Å². The van der Waals surface area contributed by atoms with E-state index in [1.807, 2.05) is 0 Å². The molecule has 2 heterocycles. The number of rotatable bonds is 2. The highest BCUT2D eigenvalue weighted by Gasteiger charge is 2.35. The van der Waals surface area contributed by atoms with Crippen LogP contribution in [-0.4, -0.2) is 28.9 Å². The van der Waals surface area contributed by atoms with Crippen LogP contribution in [0.25, 0.3) is 0 Å². The Morgan fingerprint density at radius 2 is 2.06 bits per heavy atom. The number of anilines is 1. The van der Waals surface area contributed by atoms with Crippen LogP contribution in [0.2, 0.25) is 0 Å². The maximum atomic E-state index is 13.0. The van der Waals surface area contributed by atoms with E-state index in [9.17, 15) is 18.9 Å². The van der Waals surface area contributed by atoms with Crippen molar-refractivity contribution in [2.24, 2.45) is 0 Å². The van der Waals surface area contributed by atoms with Gasteiger partial charge in [0.2, 0.25) is 0 Å². The third kappa shape index (κ3) is 2.48. The van der Waals surface area contributed by atoms with Gasteiger partial charge in [0.1, 0.15) is 5.69 Å². The third-order valence-electron chi connectivity index (χ3n) is 2.81. The van der Waals surface area contributed by atoms with Crippen LogP contribution < -0.4 is 4.90 Å². The van der Waals surface area contributed by atoms with E-state index in [2.05, 4.69) is 4.98 Å². The summed E-state index contributed by atoms with van der Waals surface area (Å²) < 4.78 is 26.0. The van der Waals surface area contributed by atoms with Crippen molar-refractivity contribution in [3.8, 4) is 0 Å². The molecule has 0 radical (unpaired) electrons. The molecule has 0 aromatic carbocycles. The molecule has 1 saturated heterocycles. The highest BCUT2D eigenvalue weighted by atomic mass is 19.3. The van der Waals surface area contributed by atoms with Crippen LogP contribution in [0.15, 0.2) is 18.5 Å². The molecular formula is C10H11F2N3O2. The average molecular weight is 243 g/mol. The second kappa shape index (κ2) is 4.23. The summed E-state index contributed by atoms with van der Waals surface area (Å²) in [5.74, 6) is -2.66. The SMILES string of the molecule is O=[N+]([O-])c1ccncc1N1CCC(F)(F)CC1. The van der Waals surface area contributed by atoms with Gasteiger partial charge in [0, 0.05) is 38.2 Å². The van der Waals surface area contributed by atoms with Gasteiger partial charge >= 0.3 is 0 Å². The van der Waals surface area contributed by atoms with Crippen molar-refractivity contribution in [3.05, 3.63) is 28.6 Å². The van der Waals surface area contributed by atoms with Crippen molar-refractivity contribution in [1.82, 2.24) is 4.98 Å². The monoisotopic (exact) mass is 243 g/mol. The molecule has 0 bridgehead atoms. The number of pyridine rings is 1. The fourth-order valence-corrected chi connectivity index (χ4v) is 1.85. The lowest BCUT2D eigenvalue weighted by atomic mass is 10.1. The molecule has 1 aliphatic heterocycles. The molecule has 2 rings (SSSR count). The first-order valence-electron chi connectivity index (χ1n) is 5.21. The normalized spacial score (nSPS) is 19.1. The van der Waals surface area contributed by atoms with Gasteiger partial charge in [-0.25, -0.2) is 8.78 Å². The average Bonchev–Trinajstić information content (AvgIpc) is 2.29. The summed E-state index contributed by atoms with van der Waals surface area (Å²) in [7, 11) is 0. The fraction of sp³-hybridized carbons (Fsp3) is 0.500. The summed E-state index contributed by atoms with van der Waals surface area (Å²) >= 11 is 0. The van der Waals surface area contributed by atoms with Crippen LogP contribution in [-0.2, 0) is 0 Å². The van der Waals surface area contributed by atoms with Crippen LogP contribution in [0.1, 0.15) is 12.8 Å². The van der Waals surface area contributed by atoms with Crippen molar-refractivity contribution in [3.63, 3.8) is 0 Å². The second-order valence-corrected chi connectivity index (χ2v) is 3.96. The lowest BCUT2D eigenvalue weighted by molar-refractivity contribution is -0.384. The van der Waals surface area contributed by atoms with Crippen LogP contribution in [0, 0.1) is 10.1 Å². The largest absolute Gasteiger partial charge is 0.364 e. The highest BCUT2D eigenvalue weighted by Crippen LogP contribution is 2.33. The van der Waals surface area contributed by atoms with E-state index < -0.39 is 10.8 Å². The summed E-state index contributed by atoms with van der Waals surface area (Å²) in [4.78, 5) is 15.7. The molecule has 0 spiro atoms. The zero-order chi connectivity index (χ0) is 12.5. The van der Waals surface area contributed by atoms with Gasteiger partial charge in [0.25, 0.3) is 11.6 Å². The lowest BCUT2D eigenvalue weighted by Gasteiger charge is -2.32. The first-order chi connectivity index (χ1) is 7.99. The molecule has 1 aromatic rings. The Balaban J connectivity index is 2.21. The molecule has 0 atom stereocenters. The third-order valence-corrected chi connectivity index (χ3v) is 2.81. The number of hydrogen-bond acceptors (Lipinski definition) is 4. The molecule has 17 heavy (non-hydrogen) atoms. The number of piperidine rings is 1. The lowest BCUT2D eigenvalue weighted by Crippen LogP contribution is -2.39. The number of halogens is 2. The molecule has 5 nitrogen and oxygen atoms in total. The van der Waals surface area contributed by atoms with E-state index in [-0.39, 0.29) is 31.6 Å². The van der Waals surface area contributed by atoms with Gasteiger partial charge in [-0.2, -0.15) is 0 Å². The Labute approximate surface area is 96.2 Å². The van der Waals surface area contributed by atoms with Gasteiger partial charge in [0.05, 0.1) is 11.1 Å². The molecule has 0 amide bonds. The number of alkyl halides is 2. The topological polar surface area (TPSA) is 59.3 Å². The van der Waals surface area contributed by atoms with Crippen LogP contribution in [0.4, 0.5) is 20.2 Å². The predicted octanol–water partition coefficient (Wildman–Crippen LogP) is 2.23. The molecule has 1 aliphatic rings. The molecule has 0 unspecified atom stereocenters. The minimum atomic E-state index is -2.66. The molecule has 92 valence electrons.